The monoisotopic (exact) mass is 408 g/mol. The maximum absolute atomic E-state index is 13.1. The number of fused-ring (bicyclic) bond motifs is 2. The third-order valence-electron chi connectivity index (χ3n) is 4.67. The number of halogens is 1. The molecule has 0 aliphatic carbocycles. The predicted molar refractivity (Wildman–Crippen MR) is 119 cm³/mol. The van der Waals surface area contributed by atoms with Crippen molar-refractivity contribution in [3.63, 3.8) is 0 Å². The molecule has 0 fully saturated rings. The summed E-state index contributed by atoms with van der Waals surface area (Å²) in [5, 5.41) is 4.39. The molecule has 28 heavy (non-hydrogen) atoms. The lowest BCUT2D eigenvalue weighted by molar-refractivity contribution is 0.475. The zero-order chi connectivity index (χ0) is 19.7. The van der Waals surface area contributed by atoms with E-state index in [1.54, 1.807) is 34.5 Å². The Morgan fingerprint density at radius 2 is 1.82 bits per heavy atom. The summed E-state index contributed by atoms with van der Waals surface area (Å²) < 4.78 is 1.80. The molecule has 4 rings (SSSR count). The van der Waals surface area contributed by atoms with Crippen LogP contribution in [-0.4, -0.2) is 9.55 Å². The second kappa shape index (κ2) is 7.98. The molecule has 142 valence electrons. The van der Waals surface area contributed by atoms with Crippen molar-refractivity contribution in [1.82, 2.24) is 9.55 Å². The fourth-order valence-corrected chi connectivity index (χ4v) is 4.55. The molecule has 3 nitrogen and oxygen atoms in total. The average Bonchev–Trinajstić information content (AvgIpc) is 2.68. The number of rotatable bonds is 5. The first-order valence-corrected chi connectivity index (χ1v) is 10.7. The van der Waals surface area contributed by atoms with Gasteiger partial charge in [-0.3, -0.25) is 9.36 Å². The van der Waals surface area contributed by atoms with Crippen LogP contribution in [-0.2, 0) is 12.3 Å². The topological polar surface area (TPSA) is 34.9 Å². The normalized spacial score (nSPS) is 11.6. The summed E-state index contributed by atoms with van der Waals surface area (Å²) in [6.07, 6.45) is 0. The number of benzene rings is 3. The predicted octanol–water partition coefficient (Wildman–Crippen LogP) is 6.15. The number of thioether (sulfide) groups is 1. The summed E-state index contributed by atoms with van der Waals surface area (Å²) in [7, 11) is 0. The zero-order valence-electron chi connectivity index (χ0n) is 15.9. The van der Waals surface area contributed by atoms with E-state index in [4.69, 9.17) is 16.6 Å². The smallest absolute Gasteiger partial charge is 0.262 e. The van der Waals surface area contributed by atoms with E-state index in [1.165, 1.54) is 16.3 Å². The molecule has 0 spiro atoms. The Labute approximate surface area is 173 Å². The Kier molecular flexibility index (Phi) is 5.42. The Morgan fingerprint density at radius 3 is 2.64 bits per heavy atom. The van der Waals surface area contributed by atoms with Gasteiger partial charge in [0.05, 0.1) is 10.9 Å². The van der Waals surface area contributed by atoms with Crippen LogP contribution in [0.5, 0.6) is 0 Å². The summed E-state index contributed by atoms with van der Waals surface area (Å²) in [6, 6.07) is 20.0. The summed E-state index contributed by atoms with van der Waals surface area (Å²) in [5.41, 5.74) is 1.88. The van der Waals surface area contributed by atoms with Crippen LogP contribution in [0.2, 0.25) is 5.02 Å². The Bertz CT molecular complexity index is 1210. The first-order chi connectivity index (χ1) is 13.5. The molecule has 3 aromatic carbocycles. The van der Waals surface area contributed by atoms with Crippen LogP contribution >= 0.6 is 23.4 Å². The van der Waals surface area contributed by atoms with E-state index < -0.39 is 0 Å². The van der Waals surface area contributed by atoms with Gasteiger partial charge in [0.2, 0.25) is 0 Å². The number of hydrogen-bond acceptors (Lipinski definition) is 3. The summed E-state index contributed by atoms with van der Waals surface area (Å²) >= 11 is 7.73. The van der Waals surface area contributed by atoms with Crippen LogP contribution in [0, 0.1) is 5.92 Å². The second-order valence-corrected chi connectivity index (χ2v) is 8.67. The van der Waals surface area contributed by atoms with Crippen LogP contribution in [0.25, 0.3) is 21.7 Å². The number of hydrogen-bond donors (Lipinski definition) is 0. The van der Waals surface area contributed by atoms with Crippen LogP contribution in [0.1, 0.15) is 19.4 Å². The maximum Gasteiger partial charge on any atom is 0.262 e. The van der Waals surface area contributed by atoms with Gasteiger partial charge in [-0.15, -0.1) is 0 Å². The van der Waals surface area contributed by atoms with Gasteiger partial charge in [-0.25, -0.2) is 4.98 Å². The molecule has 0 saturated carbocycles. The highest BCUT2D eigenvalue weighted by molar-refractivity contribution is 7.98. The van der Waals surface area contributed by atoms with Crippen molar-refractivity contribution in [3.8, 4) is 0 Å². The van der Waals surface area contributed by atoms with Crippen molar-refractivity contribution < 1.29 is 0 Å². The minimum absolute atomic E-state index is 0.00390. The lowest BCUT2D eigenvalue weighted by Gasteiger charge is -2.15. The highest BCUT2D eigenvalue weighted by Crippen LogP contribution is 2.27. The second-order valence-electron chi connectivity index (χ2n) is 7.29. The molecule has 1 aromatic heterocycles. The molecule has 0 radical (unpaired) electrons. The maximum atomic E-state index is 13.1. The van der Waals surface area contributed by atoms with E-state index in [2.05, 4.69) is 50.2 Å². The quantitative estimate of drug-likeness (QED) is 0.293. The van der Waals surface area contributed by atoms with Gasteiger partial charge in [-0.05, 0) is 40.5 Å². The molecule has 0 amide bonds. The summed E-state index contributed by atoms with van der Waals surface area (Å²) in [6.45, 7) is 4.86. The minimum Gasteiger partial charge on any atom is -0.287 e. The molecule has 0 bridgehead atoms. The molecule has 0 atom stereocenters. The van der Waals surface area contributed by atoms with Gasteiger partial charge in [0.15, 0.2) is 5.16 Å². The molecule has 0 aliphatic rings. The molecule has 0 aliphatic heterocycles. The van der Waals surface area contributed by atoms with E-state index in [0.717, 1.165) is 10.9 Å². The Balaban J connectivity index is 1.77. The third-order valence-corrected chi connectivity index (χ3v) is 5.93. The van der Waals surface area contributed by atoms with Crippen LogP contribution < -0.4 is 5.56 Å². The van der Waals surface area contributed by atoms with Gasteiger partial charge in [0.1, 0.15) is 0 Å². The van der Waals surface area contributed by atoms with Gasteiger partial charge >= 0.3 is 0 Å². The van der Waals surface area contributed by atoms with Crippen molar-refractivity contribution in [2.45, 2.75) is 31.3 Å². The van der Waals surface area contributed by atoms with Crippen molar-refractivity contribution in [1.29, 1.82) is 0 Å². The minimum atomic E-state index is -0.00390. The van der Waals surface area contributed by atoms with Crippen molar-refractivity contribution in [2.24, 2.45) is 5.92 Å². The molecule has 0 unspecified atom stereocenters. The lowest BCUT2D eigenvalue weighted by atomic mass is 10.1. The molecule has 4 aromatic rings. The van der Waals surface area contributed by atoms with Gasteiger partial charge in [0.25, 0.3) is 5.56 Å². The highest BCUT2D eigenvalue weighted by atomic mass is 35.5. The van der Waals surface area contributed by atoms with Crippen molar-refractivity contribution in [3.05, 3.63) is 81.6 Å². The van der Waals surface area contributed by atoms with E-state index in [1.807, 2.05) is 6.07 Å². The van der Waals surface area contributed by atoms with E-state index in [9.17, 15) is 4.79 Å². The zero-order valence-corrected chi connectivity index (χ0v) is 17.4. The SMILES string of the molecule is CC(C)Cn1c(SCc2cccc3ccccc23)nc2cc(Cl)ccc2c1=O. The fourth-order valence-electron chi connectivity index (χ4n) is 3.37. The van der Waals surface area contributed by atoms with Crippen LogP contribution in [0.3, 0.4) is 0 Å². The van der Waals surface area contributed by atoms with Crippen molar-refractivity contribution in [2.75, 3.05) is 0 Å². The van der Waals surface area contributed by atoms with Crippen LogP contribution in [0.4, 0.5) is 0 Å². The molecule has 0 N–H and O–H groups in total. The molecular formula is C23H21ClN2OS. The summed E-state index contributed by atoms with van der Waals surface area (Å²) in [5.74, 6) is 1.10. The Morgan fingerprint density at radius 1 is 1.04 bits per heavy atom. The van der Waals surface area contributed by atoms with Crippen molar-refractivity contribution >= 4 is 45.0 Å². The number of aromatic nitrogens is 2. The lowest BCUT2D eigenvalue weighted by Crippen LogP contribution is -2.25. The summed E-state index contributed by atoms with van der Waals surface area (Å²) in [4.78, 5) is 17.9. The van der Waals surface area contributed by atoms with Gasteiger partial charge < -0.3 is 0 Å². The Hall–Kier alpha value is -2.30. The number of nitrogens with zero attached hydrogens (tertiary/aromatic N) is 2. The van der Waals surface area contributed by atoms with E-state index in [-0.39, 0.29) is 5.56 Å². The average molecular weight is 409 g/mol. The first-order valence-electron chi connectivity index (χ1n) is 9.32. The van der Waals surface area contributed by atoms with Gasteiger partial charge in [0, 0.05) is 17.3 Å². The molecule has 1 heterocycles. The largest absolute Gasteiger partial charge is 0.287 e. The van der Waals surface area contributed by atoms with E-state index >= 15 is 0 Å². The standard InChI is InChI=1S/C23H21ClN2OS/c1-15(2)13-26-22(27)20-11-10-18(24)12-21(20)25-23(26)28-14-17-8-5-7-16-6-3-4-9-19(16)17/h3-12,15H,13-14H2,1-2H3. The third kappa shape index (κ3) is 3.80. The van der Waals surface area contributed by atoms with Gasteiger partial charge in [-0.2, -0.15) is 0 Å². The van der Waals surface area contributed by atoms with Gasteiger partial charge in [-0.1, -0.05) is 79.7 Å². The highest BCUT2D eigenvalue weighted by Gasteiger charge is 2.14. The fraction of sp³-hybridized carbons (Fsp3) is 0.217. The first kappa shape index (κ1) is 19.0. The van der Waals surface area contributed by atoms with E-state index in [0.29, 0.717) is 28.4 Å². The molecule has 0 saturated heterocycles. The van der Waals surface area contributed by atoms with Crippen LogP contribution in [0.15, 0.2) is 70.6 Å². The molecular weight excluding hydrogens is 388 g/mol. The molecule has 5 heteroatoms.